The number of amides is 3. The van der Waals surface area contributed by atoms with Gasteiger partial charge in [-0.15, -0.1) is 0 Å². The SMILES string of the molecule is Cc1ccc(NC(=O)CC(NC(N)=O)c2ccc(Br)cc2)c(C)c1. The third kappa shape index (κ3) is 5.09. The van der Waals surface area contributed by atoms with Crippen molar-refractivity contribution in [3.8, 4) is 0 Å². The van der Waals surface area contributed by atoms with Crippen molar-refractivity contribution in [2.75, 3.05) is 5.32 Å². The van der Waals surface area contributed by atoms with Crippen molar-refractivity contribution in [3.63, 3.8) is 0 Å². The molecule has 5 nitrogen and oxygen atoms in total. The lowest BCUT2D eigenvalue weighted by atomic mass is 10.0. The van der Waals surface area contributed by atoms with Gasteiger partial charge in [-0.1, -0.05) is 45.8 Å². The maximum atomic E-state index is 12.4. The number of anilines is 1. The largest absolute Gasteiger partial charge is 0.352 e. The zero-order chi connectivity index (χ0) is 17.7. The van der Waals surface area contributed by atoms with Crippen LogP contribution >= 0.6 is 15.9 Å². The number of rotatable bonds is 5. The van der Waals surface area contributed by atoms with Crippen molar-refractivity contribution in [1.29, 1.82) is 0 Å². The maximum absolute atomic E-state index is 12.4. The zero-order valence-corrected chi connectivity index (χ0v) is 15.2. The van der Waals surface area contributed by atoms with Crippen LogP contribution in [0.4, 0.5) is 10.5 Å². The fraction of sp³-hybridized carbons (Fsp3) is 0.222. The standard InChI is InChI=1S/C18H20BrN3O2/c1-11-3-8-15(12(2)9-11)21-17(23)10-16(22-18(20)24)13-4-6-14(19)7-5-13/h3-9,16H,10H2,1-2H3,(H,21,23)(H3,20,22,24). The number of nitrogens with one attached hydrogen (secondary N) is 2. The minimum atomic E-state index is -0.665. The summed E-state index contributed by atoms with van der Waals surface area (Å²) < 4.78 is 0.920. The van der Waals surface area contributed by atoms with Gasteiger partial charge in [0.1, 0.15) is 0 Å². The average Bonchev–Trinajstić information content (AvgIpc) is 2.50. The smallest absolute Gasteiger partial charge is 0.312 e. The number of nitrogens with two attached hydrogens (primary N) is 1. The number of carbonyl (C=O) groups is 2. The van der Waals surface area contributed by atoms with Crippen LogP contribution in [0, 0.1) is 13.8 Å². The van der Waals surface area contributed by atoms with E-state index < -0.39 is 12.1 Å². The van der Waals surface area contributed by atoms with Gasteiger partial charge in [-0.2, -0.15) is 0 Å². The van der Waals surface area contributed by atoms with Gasteiger partial charge < -0.3 is 16.4 Å². The molecular weight excluding hydrogens is 370 g/mol. The highest BCUT2D eigenvalue weighted by molar-refractivity contribution is 9.10. The van der Waals surface area contributed by atoms with Crippen LogP contribution in [-0.4, -0.2) is 11.9 Å². The lowest BCUT2D eigenvalue weighted by Gasteiger charge is -2.18. The molecule has 0 radical (unpaired) electrons. The van der Waals surface area contributed by atoms with Crippen LogP contribution in [0.15, 0.2) is 46.9 Å². The Hall–Kier alpha value is -2.34. The zero-order valence-electron chi connectivity index (χ0n) is 13.6. The minimum Gasteiger partial charge on any atom is -0.352 e. The van der Waals surface area contributed by atoms with Crippen molar-refractivity contribution in [2.45, 2.75) is 26.3 Å². The van der Waals surface area contributed by atoms with Crippen LogP contribution in [0.3, 0.4) is 0 Å². The van der Waals surface area contributed by atoms with Gasteiger partial charge in [0.2, 0.25) is 5.91 Å². The Bertz CT molecular complexity index is 744. The first-order chi connectivity index (χ1) is 11.3. The van der Waals surface area contributed by atoms with E-state index in [0.717, 1.165) is 26.9 Å². The van der Waals surface area contributed by atoms with Gasteiger partial charge in [0.05, 0.1) is 12.5 Å². The minimum absolute atomic E-state index is 0.0951. The molecule has 0 saturated heterocycles. The molecule has 0 fully saturated rings. The number of benzene rings is 2. The molecule has 6 heteroatoms. The van der Waals surface area contributed by atoms with E-state index in [4.69, 9.17) is 5.73 Å². The summed E-state index contributed by atoms with van der Waals surface area (Å²) in [7, 11) is 0. The summed E-state index contributed by atoms with van der Waals surface area (Å²) in [5.74, 6) is -0.191. The number of hydrogen-bond donors (Lipinski definition) is 3. The Labute approximate surface area is 149 Å². The van der Waals surface area contributed by atoms with Gasteiger partial charge >= 0.3 is 6.03 Å². The summed E-state index contributed by atoms with van der Waals surface area (Å²) in [4.78, 5) is 23.6. The molecule has 126 valence electrons. The maximum Gasteiger partial charge on any atom is 0.312 e. The Morgan fingerprint density at radius 3 is 2.38 bits per heavy atom. The Kier molecular flexibility index (Phi) is 5.98. The van der Waals surface area contributed by atoms with E-state index in [2.05, 4.69) is 26.6 Å². The Morgan fingerprint density at radius 2 is 1.79 bits per heavy atom. The molecule has 1 atom stereocenters. The monoisotopic (exact) mass is 389 g/mol. The van der Waals surface area contributed by atoms with Gasteiger partial charge in [0.25, 0.3) is 0 Å². The van der Waals surface area contributed by atoms with Gasteiger partial charge in [0, 0.05) is 10.2 Å². The molecule has 0 saturated carbocycles. The lowest BCUT2D eigenvalue weighted by Crippen LogP contribution is -2.35. The van der Waals surface area contributed by atoms with Crippen LogP contribution in [0.1, 0.15) is 29.2 Å². The van der Waals surface area contributed by atoms with Crippen molar-refractivity contribution >= 4 is 33.6 Å². The summed E-state index contributed by atoms with van der Waals surface area (Å²) in [6.45, 7) is 3.94. The van der Waals surface area contributed by atoms with Crippen LogP contribution in [0.25, 0.3) is 0 Å². The van der Waals surface area contributed by atoms with E-state index in [9.17, 15) is 9.59 Å². The van der Waals surface area contributed by atoms with E-state index in [1.807, 2.05) is 56.3 Å². The quantitative estimate of drug-likeness (QED) is 0.726. The van der Waals surface area contributed by atoms with Gasteiger partial charge in [-0.05, 0) is 43.2 Å². The topological polar surface area (TPSA) is 84.2 Å². The number of hydrogen-bond acceptors (Lipinski definition) is 2. The molecule has 2 rings (SSSR count). The Morgan fingerprint density at radius 1 is 1.12 bits per heavy atom. The highest BCUT2D eigenvalue weighted by Crippen LogP contribution is 2.22. The molecule has 0 bridgehead atoms. The number of carbonyl (C=O) groups excluding carboxylic acids is 2. The molecular formula is C18H20BrN3O2. The molecule has 0 aromatic heterocycles. The van der Waals surface area contributed by atoms with E-state index in [-0.39, 0.29) is 12.3 Å². The normalized spacial score (nSPS) is 11.6. The number of urea groups is 1. The fourth-order valence-corrected chi connectivity index (χ4v) is 2.72. The van der Waals surface area contributed by atoms with Crippen molar-refractivity contribution in [2.24, 2.45) is 5.73 Å². The van der Waals surface area contributed by atoms with Crippen LogP contribution in [-0.2, 0) is 4.79 Å². The first-order valence-corrected chi connectivity index (χ1v) is 8.33. The summed E-state index contributed by atoms with van der Waals surface area (Å²) in [5.41, 5.74) is 8.94. The molecule has 0 aliphatic carbocycles. The molecule has 0 aliphatic rings. The molecule has 4 N–H and O–H groups in total. The average molecular weight is 390 g/mol. The third-order valence-corrected chi connectivity index (χ3v) is 4.16. The number of primary amides is 1. The molecule has 3 amide bonds. The van der Waals surface area contributed by atoms with Crippen LogP contribution in [0.2, 0.25) is 0 Å². The van der Waals surface area contributed by atoms with Crippen molar-refractivity contribution < 1.29 is 9.59 Å². The van der Waals surface area contributed by atoms with Gasteiger partial charge in [-0.3, -0.25) is 4.79 Å². The molecule has 2 aromatic rings. The van der Waals surface area contributed by atoms with Gasteiger partial charge in [0.15, 0.2) is 0 Å². The summed E-state index contributed by atoms with van der Waals surface area (Å²) in [6.07, 6.45) is 0.0951. The second-order valence-electron chi connectivity index (χ2n) is 5.68. The van der Waals surface area contributed by atoms with Gasteiger partial charge in [-0.25, -0.2) is 4.79 Å². The Balaban J connectivity index is 2.12. The summed E-state index contributed by atoms with van der Waals surface area (Å²) in [5, 5.41) is 5.50. The number of aryl methyl sites for hydroxylation is 2. The molecule has 24 heavy (non-hydrogen) atoms. The van der Waals surface area contributed by atoms with Crippen LogP contribution < -0.4 is 16.4 Å². The second kappa shape index (κ2) is 7.97. The fourth-order valence-electron chi connectivity index (χ4n) is 2.46. The molecule has 0 aliphatic heterocycles. The molecule has 1 unspecified atom stereocenters. The highest BCUT2D eigenvalue weighted by atomic mass is 79.9. The lowest BCUT2D eigenvalue weighted by molar-refractivity contribution is -0.116. The predicted molar refractivity (Wildman–Crippen MR) is 98.8 cm³/mol. The molecule has 0 heterocycles. The van der Waals surface area contributed by atoms with E-state index in [1.165, 1.54) is 0 Å². The van der Waals surface area contributed by atoms with E-state index in [1.54, 1.807) is 0 Å². The second-order valence-corrected chi connectivity index (χ2v) is 6.60. The van der Waals surface area contributed by atoms with Crippen molar-refractivity contribution in [1.82, 2.24) is 5.32 Å². The third-order valence-electron chi connectivity index (χ3n) is 3.63. The summed E-state index contributed by atoms with van der Waals surface area (Å²) in [6, 6.07) is 12.1. The highest BCUT2D eigenvalue weighted by Gasteiger charge is 2.18. The first-order valence-electron chi connectivity index (χ1n) is 7.53. The molecule has 0 spiro atoms. The van der Waals surface area contributed by atoms with Crippen LogP contribution in [0.5, 0.6) is 0 Å². The van der Waals surface area contributed by atoms with Crippen molar-refractivity contribution in [3.05, 3.63) is 63.6 Å². The summed E-state index contributed by atoms with van der Waals surface area (Å²) >= 11 is 3.36. The van der Waals surface area contributed by atoms with E-state index >= 15 is 0 Å². The molecule has 2 aromatic carbocycles. The number of halogens is 1. The van der Waals surface area contributed by atoms with E-state index in [0.29, 0.717) is 0 Å². The first kappa shape index (κ1) is 18.0. The predicted octanol–water partition coefficient (Wildman–Crippen LogP) is 3.80.